The number of aromatic amines is 1. The smallest absolute Gasteiger partial charge is 0.124 e. The molecule has 0 saturated heterocycles. The monoisotopic (exact) mass is 309 g/mol. The molecule has 0 aliphatic carbocycles. The standard InChI is InChI=1S/C13H16BrN3O/c1-15-11(8-13-16-5-6-17-13)10-4-3-9(14)7-12(10)18-2/h3-7,11,15H,8H2,1-2H3,(H,16,17). The van der Waals surface area contributed by atoms with Crippen molar-refractivity contribution in [3.63, 3.8) is 0 Å². The molecule has 1 aromatic carbocycles. The quantitative estimate of drug-likeness (QED) is 0.893. The van der Waals surface area contributed by atoms with E-state index in [1.54, 1.807) is 13.3 Å². The summed E-state index contributed by atoms with van der Waals surface area (Å²) in [4.78, 5) is 7.38. The van der Waals surface area contributed by atoms with Gasteiger partial charge in [-0.25, -0.2) is 4.98 Å². The Balaban J connectivity index is 2.26. The lowest BCUT2D eigenvalue weighted by Crippen LogP contribution is -2.20. The number of hydrogen-bond acceptors (Lipinski definition) is 3. The minimum atomic E-state index is 0.166. The lowest BCUT2D eigenvalue weighted by atomic mass is 10.0. The first kappa shape index (κ1) is 13.1. The largest absolute Gasteiger partial charge is 0.496 e. The summed E-state index contributed by atoms with van der Waals surface area (Å²) in [5.41, 5.74) is 1.12. The second kappa shape index (κ2) is 6.02. The molecule has 0 aliphatic rings. The summed E-state index contributed by atoms with van der Waals surface area (Å²) < 4.78 is 6.44. The van der Waals surface area contributed by atoms with Crippen LogP contribution in [0.2, 0.25) is 0 Å². The lowest BCUT2D eigenvalue weighted by molar-refractivity contribution is 0.400. The number of ether oxygens (including phenoxy) is 1. The number of aromatic nitrogens is 2. The Morgan fingerprint density at radius 3 is 2.94 bits per heavy atom. The number of likely N-dealkylation sites (N-methyl/N-ethyl adjacent to an activating group) is 1. The summed E-state index contributed by atoms with van der Waals surface area (Å²) in [7, 11) is 3.62. The Labute approximate surface area is 115 Å². The maximum Gasteiger partial charge on any atom is 0.124 e. The van der Waals surface area contributed by atoms with Gasteiger partial charge in [-0.2, -0.15) is 0 Å². The highest BCUT2D eigenvalue weighted by atomic mass is 79.9. The van der Waals surface area contributed by atoms with Crippen molar-refractivity contribution in [2.45, 2.75) is 12.5 Å². The number of methoxy groups -OCH3 is 1. The van der Waals surface area contributed by atoms with Gasteiger partial charge in [0.25, 0.3) is 0 Å². The molecule has 2 N–H and O–H groups in total. The zero-order valence-electron chi connectivity index (χ0n) is 10.4. The number of H-pyrrole nitrogens is 1. The van der Waals surface area contributed by atoms with Crippen LogP contribution in [0.15, 0.2) is 35.1 Å². The molecule has 1 aromatic heterocycles. The van der Waals surface area contributed by atoms with Gasteiger partial charge in [0.2, 0.25) is 0 Å². The Bertz CT molecular complexity index is 499. The molecule has 5 heteroatoms. The highest BCUT2D eigenvalue weighted by Crippen LogP contribution is 2.29. The number of nitrogens with one attached hydrogen (secondary N) is 2. The molecule has 1 unspecified atom stereocenters. The van der Waals surface area contributed by atoms with Gasteiger partial charge < -0.3 is 15.0 Å². The van der Waals surface area contributed by atoms with Crippen LogP contribution in [0, 0.1) is 0 Å². The van der Waals surface area contributed by atoms with E-state index in [2.05, 4.69) is 37.3 Å². The second-order valence-corrected chi connectivity index (χ2v) is 4.88. The molecular formula is C13H16BrN3O. The third-order valence-electron chi connectivity index (χ3n) is 2.87. The lowest BCUT2D eigenvalue weighted by Gasteiger charge is -2.18. The summed E-state index contributed by atoms with van der Waals surface area (Å²) in [6, 6.07) is 6.22. The molecule has 0 spiro atoms. The van der Waals surface area contributed by atoms with Crippen molar-refractivity contribution in [2.75, 3.05) is 14.2 Å². The van der Waals surface area contributed by atoms with Crippen LogP contribution in [-0.4, -0.2) is 24.1 Å². The van der Waals surface area contributed by atoms with Crippen molar-refractivity contribution in [1.82, 2.24) is 15.3 Å². The molecule has 0 radical (unpaired) electrons. The number of benzene rings is 1. The predicted octanol–water partition coefficient (Wildman–Crippen LogP) is 2.68. The van der Waals surface area contributed by atoms with Crippen molar-refractivity contribution < 1.29 is 4.74 Å². The van der Waals surface area contributed by atoms with E-state index < -0.39 is 0 Å². The molecule has 0 saturated carbocycles. The minimum Gasteiger partial charge on any atom is -0.496 e. The molecule has 0 amide bonds. The van der Waals surface area contributed by atoms with Gasteiger partial charge in [-0.15, -0.1) is 0 Å². The number of imidazole rings is 1. The Kier molecular flexibility index (Phi) is 4.38. The van der Waals surface area contributed by atoms with E-state index in [1.165, 1.54) is 0 Å². The molecular weight excluding hydrogens is 294 g/mol. The molecule has 2 aromatic rings. The van der Waals surface area contributed by atoms with Crippen LogP contribution in [0.4, 0.5) is 0 Å². The molecule has 18 heavy (non-hydrogen) atoms. The van der Waals surface area contributed by atoms with Crippen LogP contribution in [0.5, 0.6) is 5.75 Å². The van der Waals surface area contributed by atoms with E-state index in [4.69, 9.17) is 4.74 Å². The summed E-state index contributed by atoms with van der Waals surface area (Å²) in [6.45, 7) is 0. The van der Waals surface area contributed by atoms with Gasteiger partial charge in [-0.05, 0) is 19.2 Å². The molecule has 1 heterocycles. The highest BCUT2D eigenvalue weighted by molar-refractivity contribution is 9.10. The van der Waals surface area contributed by atoms with Gasteiger partial charge in [0, 0.05) is 34.9 Å². The van der Waals surface area contributed by atoms with E-state index >= 15 is 0 Å². The third kappa shape index (κ3) is 2.91. The van der Waals surface area contributed by atoms with Gasteiger partial charge in [-0.3, -0.25) is 0 Å². The highest BCUT2D eigenvalue weighted by Gasteiger charge is 2.16. The Morgan fingerprint density at radius 2 is 2.33 bits per heavy atom. The number of halogens is 1. The SMILES string of the molecule is CNC(Cc1ncc[nH]1)c1ccc(Br)cc1OC. The van der Waals surface area contributed by atoms with Gasteiger partial charge >= 0.3 is 0 Å². The molecule has 1 atom stereocenters. The average molecular weight is 310 g/mol. The third-order valence-corrected chi connectivity index (χ3v) is 3.36. The van der Waals surface area contributed by atoms with Crippen LogP contribution in [0.25, 0.3) is 0 Å². The number of rotatable bonds is 5. The fraction of sp³-hybridized carbons (Fsp3) is 0.308. The number of hydrogen-bond donors (Lipinski definition) is 2. The van der Waals surface area contributed by atoms with Crippen molar-refractivity contribution >= 4 is 15.9 Å². The normalized spacial score (nSPS) is 12.4. The van der Waals surface area contributed by atoms with E-state index in [1.807, 2.05) is 25.4 Å². The first-order valence-corrected chi connectivity index (χ1v) is 6.53. The van der Waals surface area contributed by atoms with Crippen molar-refractivity contribution in [3.05, 3.63) is 46.5 Å². The van der Waals surface area contributed by atoms with Crippen LogP contribution >= 0.6 is 15.9 Å². The molecule has 0 aliphatic heterocycles. The van der Waals surface area contributed by atoms with Gasteiger partial charge in [0.1, 0.15) is 11.6 Å². The van der Waals surface area contributed by atoms with Crippen LogP contribution < -0.4 is 10.1 Å². The summed E-state index contributed by atoms with van der Waals surface area (Å²) in [5.74, 6) is 1.83. The van der Waals surface area contributed by atoms with Crippen molar-refractivity contribution in [1.29, 1.82) is 0 Å². The molecule has 0 fully saturated rings. The minimum absolute atomic E-state index is 0.166. The topological polar surface area (TPSA) is 49.9 Å². The second-order valence-electron chi connectivity index (χ2n) is 3.97. The maximum absolute atomic E-state index is 5.43. The van der Waals surface area contributed by atoms with Crippen LogP contribution in [0.1, 0.15) is 17.4 Å². The first-order chi connectivity index (χ1) is 8.74. The van der Waals surface area contributed by atoms with E-state index in [0.29, 0.717) is 0 Å². The van der Waals surface area contributed by atoms with Gasteiger partial charge in [0.05, 0.1) is 7.11 Å². The predicted molar refractivity (Wildman–Crippen MR) is 74.8 cm³/mol. The fourth-order valence-corrected chi connectivity index (χ4v) is 2.28. The molecule has 4 nitrogen and oxygen atoms in total. The summed E-state index contributed by atoms with van der Waals surface area (Å²) in [5, 5.41) is 3.30. The summed E-state index contributed by atoms with van der Waals surface area (Å²) >= 11 is 3.45. The maximum atomic E-state index is 5.43. The molecule has 96 valence electrons. The Morgan fingerprint density at radius 1 is 1.50 bits per heavy atom. The van der Waals surface area contributed by atoms with Crippen molar-refractivity contribution in [3.8, 4) is 5.75 Å². The van der Waals surface area contributed by atoms with Crippen LogP contribution in [-0.2, 0) is 6.42 Å². The number of nitrogens with zero attached hydrogens (tertiary/aromatic N) is 1. The fourth-order valence-electron chi connectivity index (χ4n) is 1.94. The average Bonchev–Trinajstić information content (AvgIpc) is 2.89. The summed E-state index contributed by atoms with van der Waals surface area (Å²) in [6.07, 6.45) is 4.39. The van der Waals surface area contributed by atoms with Crippen LogP contribution in [0.3, 0.4) is 0 Å². The van der Waals surface area contributed by atoms with E-state index in [-0.39, 0.29) is 6.04 Å². The zero-order valence-corrected chi connectivity index (χ0v) is 12.0. The molecule has 0 bridgehead atoms. The molecule has 2 rings (SSSR count). The first-order valence-electron chi connectivity index (χ1n) is 5.73. The van der Waals surface area contributed by atoms with Gasteiger partial charge in [0.15, 0.2) is 0 Å². The van der Waals surface area contributed by atoms with Gasteiger partial charge in [-0.1, -0.05) is 22.0 Å². The zero-order chi connectivity index (χ0) is 13.0. The Hall–Kier alpha value is -1.33. The van der Waals surface area contributed by atoms with Crippen molar-refractivity contribution in [2.24, 2.45) is 0 Å². The van der Waals surface area contributed by atoms with E-state index in [0.717, 1.165) is 28.0 Å². The van der Waals surface area contributed by atoms with E-state index in [9.17, 15) is 0 Å².